The number of halogens is 1. The number of oxime groups is 1. The summed E-state index contributed by atoms with van der Waals surface area (Å²) < 4.78 is 13.4. The smallest absolute Gasteiger partial charge is 0.231 e. The molecule has 2 aromatic rings. The highest BCUT2D eigenvalue weighted by Crippen LogP contribution is 2.24. The highest BCUT2D eigenvalue weighted by molar-refractivity contribution is 5.91. The molecule has 0 spiro atoms. The number of rotatable bonds is 8. The molecule has 3 rings (SSSR count). The molecule has 32 heavy (non-hydrogen) atoms. The minimum Gasteiger partial charge on any atom is -0.399 e. The fraction of sp³-hybridized carbons (Fsp3) is 0.455. The molecule has 9 nitrogen and oxygen atoms in total. The number of carbonyl (C=O) groups is 1. The summed E-state index contributed by atoms with van der Waals surface area (Å²) in [6.45, 7) is 6.79. The average Bonchev–Trinajstić information content (AvgIpc) is 2.79. The molecular formula is C22H30FN7O2. The van der Waals surface area contributed by atoms with Gasteiger partial charge in [-0.3, -0.25) is 4.79 Å². The topological polar surface area (TPSA) is 109 Å². The van der Waals surface area contributed by atoms with Gasteiger partial charge in [0.15, 0.2) is 0 Å². The Kier molecular flexibility index (Phi) is 7.93. The first-order chi connectivity index (χ1) is 15.4. The van der Waals surface area contributed by atoms with Crippen LogP contribution < -0.4 is 16.0 Å². The van der Waals surface area contributed by atoms with Gasteiger partial charge in [0, 0.05) is 38.8 Å². The van der Waals surface area contributed by atoms with Crippen molar-refractivity contribution in [1.82, 2.24) is 20.2 Å². The maximum Gasteiger partial charge on any atom is 0.231 e. The molecule has 0 bridgehead atoms. The van der Waals surface area contributed by atoms with Crippen molar-refractivity contribution < 1.29 is 14.0 Å². The lowest BCUT2D eigenvalue weighted by Gasteiger charge is -2.37. The van der Waals surface area contributed by atoms with Crippen molar-refractivity contribution in [2.75, 3.05) is 50.5 Å². The van der Waals surface area contributed by atoms with Gasteiger partial charge in [-0.05, 0) is 17.7 Å². The van der Waals surface area contributed by atoms with E-state index >= 15 is 0 Å². The van der Waals surface area contributed by atoms with E-state index < -0.39 is 0 Å². The molecule has 2 heterocycles. The zero-order valence-corrected chi connectivity index (χ0v) is 18.7. The van der Waals surface area contributed by atoms with Gasteiger partial charge in [-0.2, -0.15) is 0 Å². The van der Waals surface area contributed by atoms with Crippen LogP contribution in [0.1, 0.15) is 30.9 Å². The van der Waals surface area contributed by atoms with Gasteiger partial charge in [0.05, 0.1) is 17.7 Å². The second-order valence-corrected chi connectivity index (χ2v) is 7.89. The molecule has 0 radical (unpaired) electrons. The van der Waals surface area contributed by atoms with Crippen molar-refractivity contribution >= 4 is 23.8 Å². The third kappa shape index (κ3) is 5.70. The van der Waals surface area contributed by atoms with Crippen molar-refractivity contribution in [1.29, 1.82) is 0 Å². The van der Waals surface area contributed by atoms with Crippen LogP contribution in [0.4, 0.5) is 16.0 Å². The van der Waals surface area contributed by atoms with E-state index in [4.69, 9.17) is 10.6 Å². The van der Waals surface area contributed by atoms with E-state index in [9.17, 15) is 9.18 Å². The Morgan fingerprint density at radius 2 is 1.94 bits per heavy atom. The number of anilines is 2. The summed E-state index contributed by atoms with van der Waals surface area (Å²) in [6, 6.07) is 6.39. The number of nitrogens with one attached hydrogen (secondary N) is 1. The van der Waals surface area contributed by atoms with Crippen LogP contribution in [0.25, 0.3) is 0 Å². The summed E-state index contributed by atoms with van der Waals surface area (Å²) in [5.41, 5.74) is 7.38. The normalized spacial score (nSPS) is 15.4. The van der Waals surface area contributed by atoms with Crippen molar-refractivity contribution in [3.05, 3.63) is 47.5 Å². The van der Waals surface area contributed by atoms with Crippen molar-refractivity contribution in [2.45, 2.75) is 25.8 Å². The van der Waals surface area contributed by atoms with E-state index in [0.717, 1.165) is 5.56 Å². The zero-order valence-electron chi connectivity index (χ0n) is 18.7. The maximum absolute atomic E-state index is 13.4. The predicted molar refractivity (Wildman–Crippen MR) is 122 cm³/mol. The second kappa shape index (κ2) is 10.9. The number of nitrogens with two attached hydrogens (primary N) is 1. The lowest BCUT2D eigenvalue weighted by molar-refractivity contribution is -0.133. The van der Waals surface area contributed by atoms with Gasteiger partial charge in [-0.1, -0.05) is 31.1 Å². The van der Waals surface area contributed by atoms with Crippen LogP contribution in [-0.2, 0) is 9.63 Å². The quantitative estimate of drug-likeness (QED) is 0.471. The monoisotopic (exact) mass is 443 g/mol. The number of nitrogens with zero attached hydrogens (tertiary/aromatic N) is 5. The van der Waals surface area contributed by atoms with Crippen molar-refractivity contribution in [3.8, 4) is 0 Å². The molecule has 3 N–H and O–H groups in total. The number of amides is 1. The molecule has 1 fully saturated rings. The first-order valence-corrected chi connectivity index (χ1v) is 10.6. The third-order valence-corrected chi connectivity index (χ3v) is 5.37. The van der Waals surface area contributed by atoms with Crippen molar-refractivity contribution in [3.63, 3.8) is 0 Å². The first-order valence-electron chi connectivity index (χ1n) is 10.6. The van der Waals surface area contributed by atoms with Crippen LogP contribution >= 0.6 is 0 Å². The van der Waals surface area contributed by atoms with E-state index in [1.54, 1.807) is 12.1 Å². The number of aromatic nitrogens is 2. The summed E-state index contributed by atoms with van der Waals surface area (Å²) >= 11 is 0. The molecule has 1 aliphatic rings. The Hall–Kier alpha value is -3.27. The molecule has 1 aromatic heterocycles. The molecule has 1 saturated heterocycles. The lowest BCUT2D eigenvalue weighted by atomic mass is 9.96. The third-order valence-electron chi connectivity index (χ3n) is 5.37. The maximum atomic E-state index is 13.4. The fourth-order valence-corrected chi connectivity index (χ4v) is 3.64. The number of benzene rings is 1. The van der Waals surface area contributed by atoms with E-state index in [-0.39, 0.29) is 23.7 Å². The molecule has 1 aromatic carbocycles. The summed E-state index contributed by atoms with van der Waals surface area (Å²) in [6.07, 6.45) is 2.90. The number of hydrogen-bond acceptors (Lipinski definition) is 8. The predicted octanol–water partition coefficient (Wildman–Crippen LogP) is 1.61. The van der Waals surface area contributed by atoms with Gasteiger partial charge in [0.25, 0.3) is 0 Å². The molecule has 1 unspecified atom stereocenters. The molecule has 1 aliphatic heterocycles. The molecule has 0 saturated carbocycles. The lowest BCUT2D eigenvalue weighted by Crippen LogP contribution is -2.51. The summed E-state index contributed by atoms with van der Waals surface area (Å²) in [7, 11) is 1.45. The molecule has 0 aliphatic carbocycles. The molecule has 172 valence electrons. The van der Waals surface area contributed by atoms with E-state index in [1.807, 2.05) is 18.7 Å². The summed E-state index contributed by atoms with van der Waals surface area (Å²) in [5.74, 6) is 0.283. The number of piperazine rings is 1. The minimum atomic E-state index is -0.386. The van der Waals surface area contributed by atoms with Gasteiger partial charge in [-0.15, -0.1) is 0 Å². The molecule has 1 amide bonds. The SMILES string of the molecule is CON=Cc1c(N)ncnc1N1CCN(C(=O)C(CNC(C)C)c2ccc(F)cc2)CC1. The van der Waals surface area contributed by atoms with Crippen LogP contribution in [0.3, 0.4) is 0 Å². The van der Waals surface area contributed by atoms with Crippen molar-refractivity contribution in [2.24, 2.45) is 5.16 Å². The van der Waals surface area contributed by atoms with E-state index in [2.05, 4.69) is 25.3 Å². The number of nitrogen functional groups attached to an aromatic ring is 1. The average molecular weight is 444 g/mol. The molecule has 1 atom stereocenters. The highest BCUT2D eigenvalue weighted by Gasteiger charge is 2.30. The number of hydrogen-bond donors (Lipinski definition) is 2. The minimum absolute atomic E-state index is 0.0211. The van der Waals surface area contributed by atoms with Gasteiger partial charge in [0.1, 0.15) is 30.9 Å². The van der Waals surface area contributed by atoms with Crippen LogP contribution in [0, 0.1) is 5.82 Å². The van der Waals surface area contributed by atoms with Crippen LogP contribution in [-0.4, -0.2) is 72.9 Å². The zero-order chi connectivity index (χ0) is 23.1. The summed E-state index contributed by atoms with van der Waals surface area (Å²) in [4.78, 5) is 30.4. The molecular weight excluding hydrogens is 413 g/mol. The van der Waals surface area contributed by atoms with Crippen LogP contribution in [0.2, 0.25) is 0 Å². The van der Waals surface area contributed by atoms with E-state index in [0.29, 0.717) is 49.9 Å². The van der Waals surface area contributed by atoms with Crippen LogP contribution in [0.5, 0.6) is 0 Å². The van der Waals surface area contributed by atoms with Gasteiger partial charge in [-0.25, -0.2) is 14.4 Å². The van der Waals surface area contributed by atoms with E-state index in [1.165, 1.54) is 31.8 Å². The second-order valence-electron chi connectivity index (χ2n) is 7.89. The molecule has 10 heteroatoms. The van der Waals surface area contributed by atoms with Crippen LogP contribution in [0.15, 0.2) is 35.7 Å². The highest BCUT2D eigenvalue weighted by atomic mass is 19.1. The fourth-order valence-electron chi connectivity index (χ4n) is 3.64. The largest absolute Gasteiger partial charge is 0.399 e. The Morgan fingerprint density at radius 1 is 1.25 bits per heavy atom. The van der Waals surface area contributed by atoms with Gasteiger partial charge in [0.2, 0.25) is 5.91 Å². The Morgan fingerprint density at radius 3 is 2.56 bits per heavy atom. The summed E-state index contributed by atoms with van der Waals surface area (Å²) in [5, 5.41) is 7.13. The van der Waals surface area contributed by atoms with Gasteiger partial charge < -0.3 is 25.7 Å². The van der Waals surface area contributed by atoms with Gasteiger partial charge >= 0.3 is 0 Å². The Bertz CT molecular complexity index is 928. The Labute approximate surface area is 187 Å². The number of carbonyl (C=O) groups excluding carboxylic acids is 1. The first kappa shape index (κ1) is 23.4. The standard InChI is InChI=1S/C22H30FN7O2/c1-15(2)25-12-18(16-4-6-17(23)7-5-16)22(31)30-10-8-29(9-11-30)21-19(13-28-32-3)20(24)26-14-27-21/h4-7,13-15,18,25H,8-12H2,1-3H3,(H2,24,26,27). The Balaban J connectivity index is 1.73.